The third kappa shape index (κ3) is 6.05. The van der Waals surface area contributed by atoms with E-state index in [-0.39, 0.29) is 28.7 Å². The number of benzene rings is 3. The molecule has 1 aromatic heterocycles. The highest BCUT2D eigenvalue weighted by Gasteiger charge is 2.22. The highest BCUT2D eigenvalue weighted by Crippen LogP contribution is 2.31. The summed E-state index contributed by atoms with van der Waals surface area (Å²) in [6, 6.07) is 19.7. The largest absolute Gasteiger partial charge is 0.490 e. The number of ether oxygens (including phenoxy) is 1. The van der Waals surface area contributed by atoms with Crippen molar-refractivity contribution in [1.82, 2.24) is 9.99 Å². The number of carbonyl (C=O) groups excluding carboxylic acids is 1. The van der Waals surface area contributed by atoms with Crippen molar-refractivity contribution in [2.45, 2.75) is 11.8 Å². The summed E-state index contributed by atoms with van der Waals surface area (Å²) in [6.45, 7) is 1.92. The number of nitro groups is 1. The van der Waals surface area contributed by atoms with Gasteiger partial charge in [-0.3, -0.25) is 14.9 Å². The molecule has 0 aliphatic rings. The van der Waals surface area contributed by atoms with E-state index in [1.807, 2.05) is 41.2 Å². The second kappa shape index (κ2) is 11.4. The van der Waals surface area contributed by atoms with Crippen LogP contribution < -0.4 is 14.3 Å². The average molecular weight is 535 g/mol. The van der Waals surface area contributed by atoms with Gasteiger partial charge in [0.2, 0.25) is 0 Å². The number of aromatic nitrogens is 1. The average Bonchev–Trinajstić information content (AvgIpc) is 3.45. The van der Waals surface area contributed by atoms with Crippen LogP contribution in [0.15, 0.2) is 101 Å². The Morgan fingerprint density at radius 3 is 2.53 bits per heavy atom. The summed E-state index contributed by atoms with van der Waals surface area (Å²) in [5.74, 6) is -0.423. The van der Waals surface area contributed by atoms with Crippen molar-refractivity contribution in [3.05, 3.63) is 112 Å². The number of carbonyl (C=O) groups is 1. The Morgan fingerprint density at radius 1 is 1.03 bits per heavy atom. The first-order chi connectivity index (χ1) is 18.3. The first-order valence-electron chi connectivity index (χ1n) is 11.3. The van der Waals surface area contributed by atoms with Crippen LogP contribution in [0, 0.1) is 10.1 Å². The van der Waals surface area contributed by atoms with Crippen molar-refractivity contribution in [2.75, 3.05) is 6.61 Å². The Morgan fingerprint density at radius 2 is 1.79 bits per heavy atom. The minimum Gasteiger partial charge on any atom is -0.490 e. The molecule has 11 nitrogen and oxygen atoms in total. The number of non-ortho nitro benzene ring substituents is 1. The molecule has 0 fully saturated rings. The lowest BCUT2D eigenvalue weighted by Crippen LogP contribution is -2.19. The molecular weight excluding hydrogens is 512 g/mol. The summed E-state index contributed by atoms with van der Waals surface area (Å²) in [5, 5.41) is 15.0. The van der Waals surface area contributed by atoms with Crippen molar-refractivity contribution in [2.24, 2.45) is 5.10 Å². The fourth-order valence-electron chi connectivity index (χ4n) is 3.47. The van der Waals surface area contributed by atoms with Gasteiger partial charge in [0.05, 0.1) is 29.0 Å². The summed E-state index contributed by atoms with van der Waals surface area (Å²) in [4.78, 5) is 22.7. The van der Waals surface area contributed by atoms with Crippen LogP contribution in [0.5, 0.6) is 11.5 Å². The number of para-hydroxylation sites is 1. The van der Waals surface area contributed by atoms with Crippen LogP contribution in [-0.4, -0.2) is 36.6 Å². The van der Waals surface area contributed by atoms with Gasteiger partial charge < -0.3 is 13.5 Å². The summed E-state index contributed by atoms with van der Waals surface area (Å²) < 4.78 is 38.0. The zero-order chi connectivity index (χ0) is 27.1. The molecule has 1 N–H and O–H groups in total. The van der Waals surface area contributed by atoms with Gasteiger partial charge in [-0.25, -0.2) is 5.43 Å². The first kappa shape index (κ1) is 26.1. The van der Waals surface area contributed by atoms with Gasteiger partial charge in [-0.1, -0.05) is 18.2 Å². The van der Waals surface area contributed by atoms with Crippen LogP contribution in [0.1, 0.15) is 22.8 Å². The molecule has 1 amide bonds. The molecule has 0 unspecified atom stereocenters. The van der Waals surface area contributed by atoms with Crippen molar-refractivity contribution in [3.63, 3.8) is 0 Å². The number of nitrogens with zero attached hydrogens (tertiary/aromatic N) is 3. The maximum Gasteiger partial charge on any atom is 0.339 e. The number of nitrogens with one attached hydrogen (secondary N) is 1. The molecule has 4 aromatic rings. The molecule has 194 valence electrons. The topological polar surface area (TPSA) is 142 Å². The second-order valence-corrected chi connectivity index (χ2v) is 9.28. The monoisotopic (exact) mass is 534 g/mol. The van der Waals surface area contributed by atoms with E-state index in [0.29, 0.717) is 16.8 Å². The van der Waals surface area contributed by atoms with E-state index in [9.17, 15) is 23.3 Å². The lowest BCUT2D eigenvalue weighted by atomic mass is 10.1. The fourth-order valence-corrected chi connectivity index (χ4v) is 4.45. The second-order valence-electron chi connectivity index (χ2n) is 7.74. The zero-order valence-electron chi connectivity index (χ0n) is 20.1. The molecular formula is C26H22N4O7S. The molecule has 38 heavy (non-hydrogen) atoms. The van der Waals surface area contributed by atoms with Gasteiger partial charge in [-0.05, 0) is 61.0 Å². The van der Waals surface area contributed by atoms with Gasteiger partial charge in [0.25, 0.3) is 11.6 Å². The van der Waals surface area contributed by atoms with Crippen molar-refractivity contribution >= 4 is 27.9 Å². The van der Waals surface area contributed by atoms with Crippen LogP contribution in [-0.2, 0) is 10.1 Å². The van der Waals surface area contributed by atoms with Crippen molar-refractivity contribution < 1.29 is 27.1 Å². The summed E-state index contributed by atoms with van der Waals surface area (Å²) in [5.41, 5.74) is 3.70. The van der Waals surface area contributed by atoms with E-state index in [0.717, 1.165) is 6.07 Å². The number of amides is 1. The van der Waals surface area contributed by atoms with E-state index in [2.05, 4.69) is 10.5 Å². The van der Waals surface area contributed by atoms with Gasteiger partial charge in [0.1, 0.15) is 4.90 Å². The number of nitro benzene ring substituents is 1. The van der Waals surface area contributed by atoms with Crippen molar-refractivity contribution in [3.8, 4) is 17.2 Å². The normalized spacial score (nSPS) is 11.3. The van der Waals surface area contributed by atoms with E-state index < -0.39 is 20.9 Å². The summed E-state index contributed by atoms with van der Waals surface area (Å²) in [6.07, 6.45) is 5.03. The quantitative estimate of drug-likeness (QED) is 0.138. The molecule has 0 aliphatic carbocycles. The maximum absolute atomic E-state index is 12.7. The maximum atomic E-state index is 12.7. The molecule has 0 saturated carbocycles. The van der Waals surface area contributed by atoms with E-state index in [4.69, 9.17) is 8.92 Å². The van der Waals surface area contributed by atoms with Crippen LogP contribution >= 0.6 is 0 Å². The third-order valence-corrected chi connectivity index (χ3v) is 6.43. The number of hydrogen-bond acceptors (Lipinski definition) is 8. The Labute approximate surface area is 218 Å². The molecule has 0 spiro atoms. The van der Waals surface area contributed by atoms with Gasteiger partial charge in [-0.15, -0.1) is 0 Å². The Kier molecular flexibility index (Phi) is 7.83. The summed E-state index contributed by atoms with van der Waals surface area (Å²) >= 11 is 0. The lowest BCUT2D eigenvalue weighted by Gasteiger charge is -2.12. The molecule has 12 heteroatoms. The number of hydrazone groups is 1. The smallest absolute Gasteiger partial charge is 0.339 e. The molecule has 1 heterocycles. The molecule has 0 atom stereocenters. The predicted molar refractivity (Wildman–Crippen MR) is 139 cm³/mol. The van der Waals surface area contributed by atoms with Gasteiger partial charge in [0, 0.05) is 24.5 Å². The summed E-state index contributed by atoms with van der Waals surface area (Å²) in [7, 11) is -4.38. The molecule has 0 aliphatic heterocycles. The Balaban J connectivity index is 1.51. The molecule has 4 rings (SSSR count). The minimum absolute atomic E-state index is 0.106. The van der Waals surface area contributed by atoms with Gasteiger partial charge >= 0.3 is 10.1 Å². The predicted octanol–water partition coefficient (Wildman–Crippen LogP) is 4.32. The van der Waals surface area contributed by atoms with Crippen LogP contribution in [0.4, 0.5) is 5.69 Å². The molecule has 0 radical (unpaired) electrons. The third-order valence-electron chi connectivity index (χ3n) is 5.20. The van der Waals surface area contributed by atoms with E-state index in [1.54, 1.807) is 19.1 Å². The zero-order valence-corrected chi connectivity index (χ0v) is 20.9. The van der Waals surface area contributed by atoms with Crippen LogP contribution in [0.3, 0.4) is 0 Å². The minimum atomic E-state index is -4.38. The highest BCUT2D eigenvalue weighted by atomic mass is 32.2. The van der Waals surface area contributed by atoms with Gasteiger partial charge in [0.15, 0.2) is 11.5 Å². The standard InChI is InChI=1S/C26H22N4O7S/c1-2-36-25-16-19(12-13-24(25)37-38(34,35)21-9-7-8-20(17-21)30(32)33)18-27-28-26(31)22-10-3-4-11-23(22)29-14-5-6-15-29/h3-18H,2H2,1H3,(H,28,31)/b27-18-. The number of hydrogen-bond donors (Lipinski definition) is 1. The van der Waals surface area contributed by atoms with Crippen LogP contribution in [0.25, 0.3) is 5.69 Å². The van der Waals surface area contributed by atoms with Crippen molar-refractivity contribution in [1.29, 1.82) is 0 Å². The van der Waals surface area contributed by atoms with E-state index >= 15 is 0 Å². The molecule has 0 bridgehead atoms. The number of rotatable bonds is 10. The Bertz CT molecular complexity index is 1600. The Hall–Kier alpha value is -4.97. The SMILES string of the molecule is CCOc1cc(/C=N\NC(=O)c2ccccc2-n2cccc2)ccc1OS(=O)(=O)c1cccc([N+](=O)[O-])c1. The molecule has 3 aromatic carbocycles. The van der Waals surface area contributed by atoms with Crippen LogP contribution in [0.2, 0.25) is 0 Å². The molecule has 0 saturated heterocycles. The van der Waals surface area contributed by atoms with E-state index in [1.165, 1.54) is 42.6 Å². The highest BCUT2D eigenvalue weighted by molar-refractivity contribution is 7.87. The fraction of sp³-hybridized carbons (Fsp3) is 0.0769. The van der Waals surface area contributed by atoms with Gasteiger partial charge in [-0.2, -0.15) is 13.5 Å². The first-order valence-corrected chi connectivity index (χ1v) is 12.7. The lowest BCUT2D eigenvalue weighted by molar-refractivity contribution is -0.385.